The van der Waals surface area contributed by atoms with Gasteiger partial charge < -0.3 is 0 Å². The van der Waals surface area contributed by atoms with Crippen LogP contribution in [-0.2, 0) is 15.4 Å². The molecule has 10 nitrogen and oxygen atoms in total. The molecule has 39 heavy (non-hydrogen) atoms. The molecule has 0 aliphatic carbocycles. The molecule has 0 saturated heterocycles. The summed E-state index contributed by atoms with van der Waals surface area (Å²) < 4.78 is 30.6. The fourth-order valence-electron chi connectivity index (χ4n) is 4.46. The van der Waals surface area contributed by atoms with Crippen LogP contribution in [0.15, 0.2) is 81.0 Å². The summed E-state index contributed by atoms with van der Waals surface area (Å²) in [6.45, 7) is 5.04. The molecule has 0 bridgehead atoms. The van der Waals surface area contributed by atoms with E-state index < -0.39 is 31.7 Å². The number of hydrogen-bond acceptors (Lipinski definition) is 7. The molecule has 0 N–H and O–H groups in total. The van der Waals surface area contributed by atoms with Crippen LogP contribution in [0.25, 0.3) is 27.6 Å². The lowest BCUT2D eigenvalue weighted by molar-refractivity contribution is -0.385. The molecule has 0 atom stereocenters. The molecule has 12 heteroatoms. The van der Waals surface area contributed by atoms with E-state index in [1.807, 2.05) is 0 Å². The van der Waals surface area contributed by atoms with Crippen LogP contribution in [0.3, 0.4) is 0 Å². The van der Waals surface area contributed by atoms with E-state index in [4.69, 9.17) is 0 Å². The molecule has 0 aliphatic heterocycles. The maximum Gasteiger partial charge on any atom is 0.348 e. The Morgan fingerprint density at radius 2 is 1.77 bits per heavy atom. The largest absolute Gasteiger partial charge is 0.348 e. The molecule has 2 aromatic heterocycles. The summed E-state index contributed by atoms with van der Waals surface area (Å²) in [5.41, 5.74) is 0.0943. The number of nitro groups is 1. The Morgan fingerprint density at radius 3 is 2.41 bits per heavy atom. The first-order chi connectivity index (χ1) is 18.4. The zero-order chi connectivity index (χ0) is 28.3. The summed E-state index contributed by atoms with van der Waals surface area (Å²) in [4.78, 5) is 28.8. The predicted molar refractivity (Wildman–Crippen MR) is 150 cm³/mol. The van der Waals surface area contributed by atoms with Crippen LogP contribution in [0.2, 0.25) is 0 Å². The fourth-order valence-corrected chi connectivity index (χ4v) is 6.44. The Labute approximate surface area is 231 Å². The molecule has 0 spiro atoms. The molecule has 0 radical (unpaired) electrons. The van der Waals surface area contributed by atoms with Crippen molar-refractivity contribution in [1.29, 1.82) is 5.26 Å². The maximum atomic E-state index is 14.0. The summed E-state index contributed by atoms with van der Waals surface area (Å²) in [5.74, 6) is 0. The van der Waals surface area contributed by atoms with Crippen LogP contribution in [0.1, 0.15) is 25.0 Å². The molecule has 5 aromatic rings. The summed E-state index contributed by atoms with van der Waals surface area (Å²) in [7, 11) is -4.60. The lowest BCUT2D eigenvalue weighted by Crippen LogP contribution is -2.29. The molecule has 5 rings (SSSR count). The number of aryl methyl sites for hydroxylation is 1. The average molecular weight is 606 g/mol. The second kappa shape index (κ2) is 9.14. The number of rotatable bonds is 5. The molecule has 0 unspecified atom stereocenters. The van der Waals surface area contributed by atoms with Gasteiger partial charge in [-0.05, 0) is 62.2 Å². The summed E-state index contributed by atoms with van der Waals surface area (Å²) in [6.07, 6.45) is 1.31. The van der Waals surface area contributed by atoms with Crippen LogP contribution in [0.4, 0.5) is 5.69 Å². The van der Waals surface area contributed by atoms with E-state index in [9.17, 15) is 28.6 Å². The minimum atomic E-state index is -4.60. The Kier molecular flexibility index (Phi) is 6.16. The summed E-state index contributed by atoms with van der Waals surface area (Å²) in [5, 5.41) is 21.4. The third-order valence-corrected chi connectivity index (χ3v) is 8.94. The first kappa shape index (κ1) is 26.3. The van der Waals surface area contributed by atoms with E-state index in [0.29, 0.717) is 30.6 Å². The number of imidazole rings is 1. The van der Waals surface area contributed by atoms with Crippen molar-refractivity contribution in [3.05, 3.63) is 103 Å². The van der Waals surface area contributed by atoms with Crippen molar-refractivity contribution in [3.63, 3.8) is 0 Å². The Balaban J connectivity index is 1.90. The number of fused-ring (bicyclic) bond motifs is 3. The molecule has 0 aliphatic rings. The Hall–Kier alpha value is -4.34. The number of benzene rings is 3. The lowest BCUT2D eigenvalue weighted by Gasteiger charge is -2.16. The topological polar surface area (TPSA) is 141 Å². The van der Waals surface area contributed by atoms with E-state index in [0.717, 1.165) is 11.6 Å². The number of pyridine rings is 1. The number of nitro benzene ring substituents is 1. The maximum absolute atomic E-state index is 14.0. The van der Waals surface area contributed by atoms with E-state index in [1.165, 1.54) is 29.8 Å². The second-order valence-electron chi connectivity index (χ2n) is 9.53. The third-order valence-electron chi connectivity index (χ3n) is 6.62. The monoisotopic (exact) mass is 605 g/mol. The molecule has 196 valence electrons. The van der Waals surface area contributed by atoms with Crippen LogP contribution >= 0.6 is 15.9 Å². The van der Waals surface area contributed by atoms with Crippen LogP contribution < -0.4 is 5.69 Å². The van der Waals surface area contributed by atoms with Gasteiger partial charge in [-0.2, -0.15) is 9.23 Å². The number of aromatic nitrogens is 3. The van der Waals surface area contributed by atoms with Crippen molar-refractivity contribution >= 4 is 53.6 Å². The smallest absolute Gasteiger partial charge is 0.259 e. The van der Waals surface area contributed by atoms with Crippen molar-refractivity contribution in [2.75, 3.05) is 0 Å². The number of non-ortho nitro benzene ring substituents is 1. The van der Waals surface area contributed by atoms with Gasteiger partial charge in [0.05, 0.1) is 44.2 Å². The molecule has 3 aromatic carbocycles. The van der Waals surface area contributed by atoms with Gasteiger partial charge in [-0.25, -0.2) is 13.2 Å². The van der Waals surface area contributed by atoms with E-state index in [1.54, 1.807) is 56.3 Å². The van der Waals surface area contributed by atoms with Gasteiger partial charge in [0.15, 0.2) is 0 Å². The predicted octanol–water partition coefficient (Wildman–Crippen LogP) is 5.36. The Bertz CT molecular complexity index is 2040. The molecule has 0 fully saturated rings. The minimum absolute atomic E-state index is 0.0120. The van der Waals surface area contributed by atoms with Crippen molar-refractivity contribution in [2.24, 2.45) is 0 Å². The summed E-state index contributed by atoms with van der Waals surface area (Å²) in [6, 6.07) is 17.7. The third kappa shape index (κ3) is 4.20. The van der Waals surface area contributed by atoms with Gasteiger partial charge in [-0.1, -0.05) is 34.1 Å². The number of nitrogens with zero attached hydrogens (tertiary/aromatic N) is 5. The van der Waals surface area contributed by atoms with Crippen LogP contribution in [0.5, 0.6) is 0 Å². The van der Waals surface area contributed by atoms with Crippen LogP contribution in [-0.4, -0.2) is 26.9 Å². The Morgan fingerprint density at radius 1 is 1.08 bits per heavy atom. The number of hydrogen-bond donors (Lipinski definition) is 0. The minimum Gasteiger partial charge on any atom is -0.259 e. The molecule has 2 heterocycles. The highest BCUT2D eigenvalue weighted by Gasteiger charge is 2.30. The zero-order valence-corrected chi connectivity index (χ0v) is 23.3. The van der Waals surface area contributed by atoms with Gasteiger partial charge in [-0.15, -0.1) is 0 Å². The van der Waals surface area contributed by atoms with Gasteiger partial charge >= 0.3 is 5.69 Å². The highest BCUT2D eigenvalue weighted by molar-refractivity contribution is 9.10. The van der Waals surface area contributed by atoms with Crippen molar-refractivity contribution < 1.29 is 13.3 Å². The van der Waals surface area contributed by atoms with Crippen LogP contribution in [0, 0.1) is 28.4 Å². The number of nitriles is 1. The van der Waals surface area contributed by atoms with Gasteiger partial charge in [0.25, 0.3) is 15.7 Å². The van der Waals surface area contributed by atoms with Crippen molar-refractivity contribution in [3.8, 4) is 11.8 Å². The van der Waals surface area contributed by atoms with Gasteiger partial charge in [0, 0.05) is 22.0 Å². The van der Waals surface area contributed by atoms with Crippen molar-refractivity contribution in [2.45, 2.75) is 31.1 Å². The average Bonchev–Trinajstić information content (AvgIpc) is 3.21. The normalized spacial score (nSPS) is 12.1. The fraction of sp³-hybridized carbons (Fsp3) is 0.148. The zero-order valence-electron chi connectivity index (χ0n) is 20.9. The highest BCUT2D eigenvalue weighted by atomic mass is 79.9. The van der Waals surface area contributed by atoms with Gasteiger partial charge in [0.1, 0.15) is 5.52 Å². The SMILES string of the molecule is Cc1ccc([N+](=O)[O-])cc1S(=O)(=O)n1c(=O)n(-c2ccc(C(C)(C)C#N)cc2)c2c3cc(Br)ccc3ncc21. The quantitative estimate of drug-likeness (QED) is 0.194. The van der Waals surface area contributed by atoms with E-state index >= 15 is 0 Å². The highest BCUT2D eigenvalue weighted by Crippen LogP contribution is 2.32. The summed E-state index contributed by atoms with van der Waals surface area (Å²) >= 11 is 3.44. The molecule has 0 saturated carbocycles. The van der Waals surface area contributed by atoms with E-state index in [2.05, 4.69) is 27.0 Å². The number of halogens is 1. The van der Waals surface area contributed by atoms with E-state index in [-0.39, 0.29) is 16.0 Å². The molecular formula is C27H20BrN5O5S. The first-order valence-corrected chi connectivity index (χ1v) is 13.8. The first-order valence-electron chi connectivity index (χ1n) is 11.6. The standard InChI is InChI=1S/C27H20BrN5O5S/c1-16-4-8-20(33(35)36)13-24(16)39(37,38)32-23-14-30-22-11-7-18(28)12-21(22)25(23)31(26(32)34)19-9-5-17(6-10-19)27(2,3)15-29/h4-14H,1-3H3. The molecule has 0 amide bonds. The second-order valence-corrected chi connectivity index (χ2v) is 12.2. The van der Waals surface area contributed by atoms with Gasteiger partial charge in [-0.3, -0.25) is 19.7 Å². The molecular weight excluding hydrogens is 586 g/mol. The van der Waals surface area contributed by atoms with Gasteiger partial charge in [0.2, 0.25) is 0 Å². The van der Waals surface area contributed by atoms with Crippen molar-refractivity contribution in [1.82, 2.24) is 13.5 Å². The lowest BCUT2D eigenvalue weighted by atomic mass is 9.86.